The Hall–Kier alpha value is -5.41. The summed E-state index contributed by atoms with van der Waals surface area (Å²) in [7, 11) is -1.67. The maximum atomic E-state index is 6.77. The van der Waals surface area contributed by atoms with Crippen molar-refractivity contribution in [2.75, 3.05) is 9.80 Å². The fraction of sp³-hybridized carbons (Fsp3) is 0.192. The number of aromatic nitrogens is 2. The van der Waals surface area contributed by atoms with Gasteiger partial charge in [-0.3, -0.25) is 0 Å². The summed E-state index contributed by atoms with van der Waals surface area (Å²) in [6.45, 7) is 15.8. The number of ether oxygens (including phenoxy) is 1. The number of benzene rings is 6. The Kier molecular flexibility index (Phi) is 12.2. The third-order valence-corrected chi connectivity index (χ3v) is 11.6. The summed E-state index contributed by atoms with van der Waals surface area (Å²) >= 11 is 0. The number of rotatable bonds is 9. The van der Waals surface area contributed by atoms with Gasteiger partial charge in [-0.1, -0.05) is 132 Å². The first kappa shape index (κ1) is 43.8. The fourth-order valence-electron chi connectivity index (χ4n) is 8.49. The van der Waals surface area contributed by atoms with Crippen molar-refractivity contribution < 1.29 is 39.5 Å². The van der Waals surface area contributed by atoms with E-state index >= 15 is 0 Å². The molecule has 0 N–H and O–H groups in total. The van der Waals surface area contributed by atoms with Crippen molar-refractivity contribution >= 4 is 71.4 Å². The normalized spacial score (nSPS) is 14.4. The van der Waals surface area contributed by atoms with Gasteiger partial charge < -0.3 is 32.8 Å². The predicted octanol–water partition coefficient (Wildman–Crippen LogP) is 11.9. The van der Waals surface area contributed by atoms with Gasteiger partial charge >= 0.3 is 21.4 Å². The van der Waals surface area contributed by atoms with E-state index in [2.05, 4.69) is 201 Å². The van der Waals surface area contributed by atoms with Crippen LogP contribution in [-0.2, 0) is 52.7 Å². The zero-order valence-electron chi connectivity index (χ0n) is 36.9. The van der Waals surface area contributed by atoms with E-state index in [0.29, 0.717) is 13.2 Å². The maximum absolute atomic E-state index is 6.77. The number of hydrogen-bond acceptors (Lipinski definition) is 7. The number of anilines is 4. The zero-order valence-corrected chi connectivity index (χ0v) is 39.2. The van der Waals surface area contributed by atoms with Crippen molar-refractivity contribution in [3.05, 3.63) is 182 Å². The van der Waals surface area contributed by atoms with Crippen molar-refractivity contribution in [1.29, 1.82) is 0 Å². The quantitative estimate of drug-likeness (QED) is 0.105. The van der Waals surface area contributed by atoms with Gasteiger partial charge in [-0.15, -0.1) is 28.9 Å². The Balaban J connectivity index is 0.00000518. The summed E-state index contributed by atoms with van der Waals surface area (Å²) in [5.74, 6) is 0.858. The monoisotopic (exact) mass is 1020 g/mol. The first-order valence-corrected chi connectivity index (χ1v) is 21.6. The summed E-state index contributed by atoms with van der Waals surface area (Å²) in [6, 6.07) is 57.6. The fourth-order valence-corrected chi connectivity index (χ4v) is 8.49. The van der Waals surface area contributed by atoms with Crippen LogP contribution in [-0.4, -0.2) is 30.9 Å². The second-order valence-corrected chi connectivity index (χ2v) is 18.4. The zero-order chi connectivity index (χ0) is 43.3. The van der Waals surface area contributed by atoms with E-state index in [4.69, 9.17) is 18.5 Å². The van der Waals surface area contributed by atoms with Crippen LogP contribution in [0.3, 0.4) is 0 Å². The predicted molar refractivity (Wildman–Crippen MR) is 258 cm³/mol. The third kappa shape index (κ3) is 8.48. The molecule has 0 bridgehead atoms. The molecule has 322 valence electrons. The number of fused-ring (bicyclic) bond motifs is 4. The Morgan fingerprint density at radius 3 is 1.98 bits per heavy atom. The maximum Gasteiger partial charge on any atom is 0.468 e. The smallest absolute Gasteiger partial charge is 0.468 e. The first-order valence-electron chi connectivity index (χ1n) is 21.6. The first-order chi connectivity index (χ1) is 30.5. The van der Waals surface area contributed by atoms with Gasteiger partial charge in [-0.25, -0.2) is 4.98 Å². The SMILES string of the molecule is CC(C)(C)B1OB(c2cccc(-c3ccccc3)c2N2[CH-]N(c3[c-]c(COCc4[c-]c5c(cc4)c4ccccc4n5-c4ccccn4)ccc3)c3ccccc32)OB(C(C)(C)C)O1.[Pt]. The topological polar surface area (TPSA) is 61.2 Å². The Labute approximate surface area is 392 Å². The standard InChI is InChI=1S/C52H48B3N4O4.Pt/c1-51(2,3)54-61-53(62-55(63-54)52(4,5)6)44-24-17-23-41(39-19-8-7-9-20-39)50(44)58-36-57(46-26-12-13-27-47(46)58)40-21-16-18-37(32-40)34-60-35-38-29-30-43-42-22-10-11-25-45(42)59(48(43)33-38)49-28-14-15-31-56-49;/h7-31,36H,34-35H2,1-6H3;/q-3;. The van der Waals surface area contributed by atoms with Crippen LogP contribution in [0.25, 0.3) is 38.8 Å². The van der Waals surface area contributed by atoms with Gasteiger partial charge in [0.25, 0.3) is 0 Å². The molecule has 6 aromatic carbocycles. The average molecular weight is 1020 g/mol. The van der Waals surface area contributed by atoms with Gasteiger partial charge in [0.2, 0.25) is 0 Å². The van der Waals surface area contributed by atoms with E-state index in [1.54, 1.807) is 0 Å². The van der Waals surface area contributed by atoms with Gasteiger partial charge in [-0.2, -0.15) is 42.5 Å². The summed E-state index contributed by atoms with van der Waals surface area (Å²) in [6.07, 6.45) is 1.82. The molecule has 8 aromatic rings. The number of para-hydroxylation sites is 4. The molecule has 0 amide bonds. The molecule has 0 aliphatic carbocycles. The summed E-state index contributed by atoms with van der Waals surface area (Å²) < 4.78 is 28.6. The van der Waals surface area contributed by atoms with Crippen molar-refractivity contribution in [2.45, 2.75) is 65.4 Å². The Morgan fingerprint density at radius 1 is 0.609 bits per heavy atom. The van der Waals surface area contributed by atoms with Gasteiger partial charge in [0.15, 0.2) is 0 Å². The van der Waals surface area contributed by atoms with E-state index in [-0.39, 0.29) is 31.7 Å². The molecule has 0 unspecified atom stereocenters. The number of pyridine rings is 1. The van der Waals surface area contributed by atoms with Crippen LogP contribution in [0.1, 0.15) is 52.7 Å². The molecule has 4 heterocycles. The molecule has 1 saturated heterocycles. The van der Waals surface area contributed by atoms with Crippen LogP contribution in [0.4, 0.5) is 22.7 Å². The summed E-state index contributed by atoms with van der Waals surface area (Å²) in [4.78, 5) is 9.14. The Morgan fingerprint density at radius 2 is 1.27 bits per heavy atom. The van der Waals surface area contributed by atoms with E-state index in [9.17, 15) is 0 Å². The van der Waals surface area contributed by atoms with Crippen LogP contribution in [0.5, 0.6) is 0 Å². The van der Waals surface area contributed by atoms with Crippen molar-refractivity contribution in [3.63, 3.8) is 0 Å². The summed E-state index contributed by atoms with van der Waals surface area (Å²) in [5.41, 5.74) is 11.0. The molecule has 64 heavy (non-hydrogen) atoms. The molecule has 1 fully saturated rings. The average Bonchev–Trinajstić information content (AvgIpc) is 3.85. The number of hydrogen-bond donors (Lipinski definition) is 0. The van der Waals surface area contributed by atoms with Gasteiger partial charge in [-0.05, 0) is 51.9 Å². The van der Waals surface area contributed by atoms with E-state index in [1.807, 2.05) is 30.5 Å². The van der Waals surface area contributed by atoms with Crippen molar-refractivity contribution in [1.82, 2.24) is 9.55 Å². The molecule has 8 nitrogen and oxygen atoms in total. The van der Waals surface area contributed by atoms with Crippen LogP contribution in [0, 0.1) is 18.8 Å². The summed E-state index contributed by atoms with van der Waals surface area (Å²) in [5, 5.41) is 1.72. The molecule has 0 atom stereocenters. The Bertz CT molecular complexity index is 2900. The van der Waals surface area contributed by atoms with Crippen LogP contribution >= 0.6 is 0 Å². The molecule has 2 aliphatic heterocycles. The molecule has 2 aromatic heterocycles. The molecule has 0 saturated carbocycles. The second kappa shape index (κ2) is 17.9. The van der Waals surface area contributed by atoms with Gasteiger partial charge in [0.05, 0.1) is 0 Å². The van der Waals surface area contributed by atoms with Crippen LogP contribution in [0.2, 0.25) is 10.6 Å². The number of nitrogens with zero attached hydrogens (tertiary/aromatic N) is 4. The molecule has 0 radical (unpaired) electrons. The molecular weight excluding hydrogens is 972 g/mol. The van der Waals surface area contributed by atoms with E-state index < -0.39 is 21.4 Å². The minimum absolute atomic E-state index is 0. The molecule has 0 spiro atoms. The van der Waals surface area contributed by atoms with Crippen LogP contribution in [0.15, 0.2) is 152 Å². The minimum atomic E-state index is -0.691. The van der Waals surface area contributed by atoms with E-state index in [1.165, 1.54) is 5.39 Å². The van der Waals surface area contributed by atoms with Crippen LogP contribution < -0.4 is 15.3 Å². The molecule has 2 aliphatic rings. The van der Waals surface area contributed by atoms with Crippen molar-refractivity contribution in [2.24, 2.45) is 0 Å². The molecular formula is C52H48B3N4O4Pt-3. The van der Waals surface area contributed by atoms with Crippen molar-refractivity contribution in [3.8, 4) is 16.9 Å². The molecule has 10 rings (SSSR count). The van der Waals surface area contributed by atoms with Gasteiger partial charge in [0, 0.05) is 74.1 Å². The van der Waals surface area contributed by atoms with E-state index in [0.717, 1.165) is 72.7 Å². The van der Waals surface area contributed by atoms with Gasteiger partial charge in [0.1, 0.15) is 5.82 Å². The minimum Gasteiger partial charge on any atom is -0.493 e. The molecule has 12 heteroatoms. The third-order valence-electron chi connectivity index (χ3n) is 11.6. The second-order valence-electron chi connectivity index (χ2n) is 18.4. The largest absolute Gasteiger partial charge is 0.493 e.